The van der Waals surface area contributed by atoms with Crippen LogP contribution in [0.2, 0.25) is 0 Å². The number of hydrogen-bond donors (Lipinski definition) is 3. The van der Waals surface area contributed by atoms with Gasteiger partial charge in [-0.3, -0.25) is 10.1 Å². The Kier molecular flexibility index (Phi) is 7.04. The van der Waals surface area contributed by atoms with Gasteiger partial charge >= 0.3 is 6.03 Å². The van der Waals surface area contributed by atoms with E-state index >= 15 is 0 Å². The first-order chi connectivity index (χ1) is 14.0. The number of anilines is 2. The molecule has 2 aromatic carbocycles. The smallest absolute Gasteiger partial charge is 0.321 e. The Morgan fingerprint density at radius 2 is 1.72 bits per heavy atom. The van der Waals surface area contributed by atoms with E-state index < -0.39 is 17.2 Å². The van der Waals surface area contributed by atoms with Gasteiger partial charge in [0.15, 0.2) is 4.34 Å². The van der Waals surface area contributed by atoms with E-state index in [0.29, 0.717) is 9.47 Å². The van der Waals surface area contributed by atoms with E-state index in [1.165, 1.54) is 30.1 Å². The molecule has 29 heavy (non-hydrogen) atoms. The zero-order valence-corrected chi connectivity index (χ0v) is 17.3. The van der Waals surface area contributed by atoms with E-state index in [1.54, 1.807) is 6.92 Å². The van der Waals surface area contributed by atoms with E-state index in [2.05, 4.69) is 26.1 Å². The molecule has 0 unspecified atom stereocenters. The molecule has 150 valence electrons. The average molecular weight is 430 g/mol. The van der Waals surface area contributed by atoms with Gasteiger partial charge in [-0.1, -0.05) is 41.3 Å². The molecule has 0 aliphatic carbocycles. The number of rotatable bonds is 7. The van der Waals surface area contributed by atoms with Gasteiger partial charge in [-0.25, -0.2) is 4.79 Å². The van der Waals surface area contributed by atoms with Gasteiger partial charge in [-0.05, 0) is 43.3 Å². The minimum absolute atomic E-state index is 0.395. The predicted octanol–water partition coefficient (Wildman–Crippen LogP) is 4.01. The van der Waals surface area contributed by atoms with Crippen molar-refractivity contribution in [2.24, 2.45) is 0 Å². The topological polar surface area (TPSA) is 105 Å². The van der Waals surface area contributed by atoms with E-state index in [4.69, 9.17) is 4.74 Å². The highest BCUT2D eigenvalue weighted by Crippen LogP contribution is 2.31. The maximum Gasteiger partial charge on any atom is 0.321 e. The van der Waals surface area contributed by atoms with Gasteiger partial charge in [0.05, 0.1) is 5.25 Å². The highest BCUT2D eigenvalue weighted by atomic mass is 32.2. The normalized spacial score (nSPS) is 11.4. The summed E-state index contributed by atoms with van der Waals surface area (Å²) in [4.78, 5) is 23.1. The number of amides is 3. The predicted molar refractivity (Wildman–Crippen MR) is 114 cm³/mol. The molecule has 0 spiro atoms. The number of carbonyl (C=O) groups is 2. The molecule has 1 heterocycles. The van der Waals surface area contributed by atoms with Gasteiger partial charge in [0.1, 0.15) is 11.5 Å². The molecule has 0 fully saturated rings. The molecule has 10 heteroatoms. The van der Waals surface area contributed by atoms with E-state index in [-0.39, 0.29) is 0 Å². The Morgan fingerprint density at radius 3 is 2.41 bits per heavy atom. The lowest BCUT2D eigenvalue weighted by molar-refractivity contribution is -0.119. The second kappa shape index (κ2) is 9.89. The molecule has 0 bridgehead atoms. The molecular weight excluding hydrogens is 410 g/mol. The quantitative estimate of drug-likeness (QED) is 0.487. The average Bonchev–Trinajstić information content (AvgIpc) is 3.16. The number of aromatic nitrogens is 2. The summed E-state index contributed by atoms with van der Waals surface area (Å²) >= 11 is 2.55. The van der Waals surface area contributed by atoms with Crippen LogP contribution < -0.4 is 20.7 Å². The number of para-hydroxylation sites is 1. The van der Waals surface area contributed by atoms with Crippen molar-refractivity contribution in [1.29, 1.82) is 0 Å². The maximum absolute atomic E-state index is 11.9. The zero-order chi connectivity index (χ0) is 20.6. The van der Waals surface area contributed by atoms with Gasteiger partial charge in [0.2, 0.25) is 11.0 Å². The summed E-state index contributed by atoms with van der Waals surface area (Å²) in [7, 11) is 1.45. The van der Waals surface area contributed by atoms with Crippen molar-refractivity contribution in [1.82, 2.24) is 20.8 Å². The van der Waals surface area contributed by atoms with E-state index in [9.17, 15) is 9.59 Å². The zero-order valence-electron chi connectivity index (χ0n) is 15.7. The number of imide groups is 1. The SMILES string of the molecule is CNC(=O)NC(=O)[C@@H](C)Sc1nnc(Nc2ccc(Oc3ccccc3)cc2)s1. The van der Waals surface area contributed by atoms with Gasteiger partial charge in [0.25, 0.3) is 0 Å². The number of nitrogens with one attached hydrogen (secondary N) is 3. The van der Waals surface area contributed by atoms with Gasteiger partial charge in [-0.15, -0.1) is 10.2 Å². The number of benzene rings is 2. The Balaban J connectivity index is 1.54. The Labute approximate surface area is 176 Å². The van der Waals surface area contributed by atoms with Crippen LogP contribution in [0.1, 0.15) is 6.92 Å². The van der Waals surface area contributed by atoms with Crippen molar-refractivity contribution in [2.75, 3.05) is 12.4 Å². The lowest BCUT2D eigenvalue weighted by Gasteiger charge is -2.08. The third-order valence-corrected chi connectivity index (χ3v) is 5.62. The number of nitrogens with zero attached hydrogens (tertiary/aromatic N) is 2. The second-order valence-electron chi connectivity index (χ2n) is 5.77. The fourth-order valence-electron chi connectivity index (χ4n) is 2.14. The number of urea groups is 1. The van der Waals surface area contributed by atoms with Crippen molar-refractivity contribution < 1.29 is 14.3 Å². The molecule has 0 radical (unpaired) electrons. The van der Waals surface area contributed by atoms with Crippen molar-refractivity contribution >= 4 is 45.9 Å². The Morgan fingerprint density at radius 1 is 1.03 bits per heavy atom. The van der Waals surface area contributed by atoms with Crippen molar-refractivity contribution in [2.45, 2.75) is 16.5 Å². The monoisotopic (exact) mass is 429 g/mol. The van der Waals surface area contributed by atoms with Crippen LogP contribution in [-0.2, 0) is 4.79 Å². The third-order valence-electron chi connectivity index (χ3n) is 3.60. The molecule has 3 rings (SSSR count). The fraction of sp³-hybridized carbons (Fsp3) is 0.158. The van der Waals surface area contributed by atoms with Crippen molar-refractivity contribution in [3.63, 3.8) is 0 Å². The Hall–Kier alpha value is -3.11. The largest absolute Gasteiger partial charge is 0.457 e. The van der Waals surface area contributed by atoms with Gasteiger partial charge in [-0.2, -0.15) is 0 Å². The number of carbonyl (C=O) groups excluding carboxylic acids is 2. The Bertz CT molecular complexity index is 963. The van der Waals surface area contributed by atoms with Crippen LogP contribution in [0.3, 0.4) is 0 Å². The van der Waals surface area contributed by atoms with Crippen LogP contribution in [0, 0.1) is 0 Å². The lowest BCUT2D eigenvalue weighted by atomic mass is 10.3. The van der Waals surface area contributed by atoms with Crippen molar-refractivity contribution in [3.8, 4) is 11.5 Å². The summed E-state index contributed by atoms with van der Waals surface area (Å²) < 4.78 is 6.39. The third kappa shape index (κ3) is 6.19. The maximum atomic E-state index is 11.9. The molecule has 3 amide bonds. The lowest BCUT2D eigenvalue weighted by Crippen LogP contribution is -2.41. The first-order valence-electron chi connectivity index (χ1n) is 8.66. The molecule has 8 nitrogen and oxygen atoms in total. The molecule has 0 saturated heterocycles. The van der Waals surface area contributed by atoms with Gasteiger partial charge < -0.3 is 15.4 Å². The molecule has 1 atom stereocenters. The minimum atomic E-state index is -0.540. The van der Waals surface area contributed by atoms with Crippen LogP contribution in [0.4, 0.5) is 15.6 Å². The van der Waals surface area contributed by atoms with Crippen LogP contribution in [0.25, 0.3) is 0 Å². The van der Waals surface area contributed by atoms with Crippen molar-refractivity contribution in [3.05, 3.63) is 54.6 Å². The molecule has 0 aliphatic heterocycles. The van der Waals surface area contributed by atoms with Crippen LogP contribution in [0.15, 0.2) is 58.9 Å². The summed E-state index contributed by atoms with van der Waals surface area (Å²) in [6, 6.07) is 16.5. The molecule has 0 aliphatic rings. The number of ether oxygens (including phenoxy) is 1. The van der Waals surface area contributed by atoms with Gasteiger partial charge in [0, 0.05) is 12.7 Å². The molecule has 3 N–H and O–H groups in total. The molecule has 1 aromatic heterocycles. The summed E-state index contributed by atoms with van der Waals surface area (Å²) in [6.45, 7) is 1.70. The summed E-state index contributed by atoms with van der Waals surface area (Å²) in [5.41, 5.74) is 0.837. The van der Waals surface area contributed by atoms with E-state index in [0.717, 1.165) is 17.2 Å². The second-order valence-corrected chi connectivity index (χ2v) is 8.33. The number of thioether (sulfide) groups is 1. The molecule has 3 aromatic rings. The highest BCUT2D eigenvalue weighted by molar-refractivity contribution is 8.02. The van der Waals surface area contributed by atoms with Crippen LogP contribution in [-0.4, -0.2) is 34.4 Å². The standard InChI is InChI=1S/C19H19N5O3S2/c1-12(16(25)22-17(26)20-2)28-19-24-23-18(29-19)21-13-8-10-15(11-9-13)27-14-6-4-3-5-7-14/h3-12H,1-2H3,(H,21,23)(H2,20,22,25,26)/t12-/m1/s1. The molecule has 0 saturated carbocycles. The van der Waals surface area contributed by atoms with Crippen LogP contribution >= 0.6 is 23.1 Å². The molecular formula is C19H19N5O3S2. The minimum Gasteiger partial charge on any atom is -0.457 e. The van der Waals surface area contributed by atoms with Crippen LogP contribution in [0.5, 0.6) is 11.5 Å². The summed E-state index contributed by atoms with van der Waals surface area (Å²) in [5, 5.41) is 16.0. The summed E-state index contributed by atoms with van der Waals surface area (Å²) in [6.07, 6.45) is 0. The van der Waals surface area contributed by atoms with E-state index in [1.807, 2.05) is 54.6 Å². The number of hydrogen-bond acceptors (Lipinski definition) is 8. The highest BCUT2D eigenvalue weighted by Gasteiger charge is 2.18. The fourth-order valence-corrected chi connectivity index (χ4v) is 4.06. The first kappa shape index (κ1) is 20.6. The summed E-state index contributed by atoms with van der Waals surface area (Å²) in [5.74, 6) is 1.10. The first-order valence-corrected chi connectivity index (χ1v) is 10.4.